The molecule has 3 aliphatic rings. The maximum Gasteiger partial charge on any atom is 0.257 e. The van der Waals surface area contributed by atoms with Gasteiger partial charge in [0.2, 0.25) is 0 Å². The molecule has 3 aliphatic heterocycles. The topological polar surface area (TPSA) is 73.3 Å². The van der Waals surface area contributed by atoms with E-state index in [1.54, 1.807) is 52.4 Å². The smallest absolute Gasteiger partial charge is 0.257 e. The van der Waals surface area contributed by atoms with Crippen molar-refractivity contribution in [1.82, 2.24) is 14.7 Å². The molecule has 0 radical (unpaired) electrons. The Morgan fingerprint density at radius 1 is 0.857 bits per heavy atom. The van der Waals surface area contributed by atoms with Gasteiger partial charge in [0.25, 0.3) is 15.9 Å². The molecule has 35 heavy (non-hydrogen) atoms. The monoisotopic (exact) mass is 498 g/mol. The first-order chi connectivity index (χ1) is 16.8. The summed E-state index contributed by atoms with van der Waals surface area (Å²) < 4.78 is 55.0. The lowest BCUT2D eigenvalue weighted by Crippen LogP contribution is -2.52. The maximum absolute atomic E-state index is 13.6. The average Bonchev–Trinajstić information content (AvgIpc) is 2.86. The van der Waals surface area contributed by atoms with Crippen LogP contribution in [-0.2, 0) is 14.8 Å². The van der Waals surface area contributed by atoms with Crippen LogP contribution in [0.4, 0.5) is 8.78 Å². The number of nitrogens with zero attached hydrogens (tertiary/aromatic N) is 4. The van der Waals surface area contributed by atoms with Gasteiger partial charge in [-0.05, 0) is 47.5 Å². The summed E-state index contributed by atoms with van der Waals surface area (Å²) in [5.41, 5.74) is 2.00. The zero-order valence-electron chi connectivity index (χ0n) is 18.8. The first-order valence-corrected chi connectivity index (χ1v) is 12.9. The molecule has 0 bridgehead atoms. The number of hydrogen-bond acceptors (Lipinski definition) is 5. The van der Waals surface area contributed by atoms with E-state index in [0.717, 1.165) is 11.1 Å². The molecule has 0 aliphatic carbocycles. The molecule has 1 amide bonds. The van der Waals surface area contributed by atoms with Crippen molar-refractivity contribution in [3.8, 4) is 0 Å². The van der Waals surface area contributed by atoms with E-state index in [0.29, 0.717) is 26.2 Å². The fraction of sp³-hybridized carbons (Fsp3) is 0.280. The zero-order chi connectivity index (χ0) is 24.6. The minimum absolute atomic E-state index is 0.0882. The predicted molar refractivity (Wildman–Crippen MR) is 128 cm³/mol. The number of allylic oxidation sites excluding steroid dienone is 2. The SMILES string of the molecule is O=C(C1=CC=CN2CCS(=O)(=O)N=C12)N1CCN(C(c2ccc(F)cc2)c2ccc(F)cc2)CC1. The van der Waals surface area contributed by atoms with Crippen molar-refractivity contribution in [2.75, 3.05) is 38.5 Å². The number of amides is 1. The van der Waals surface area contributed by atoms with Gasteiger partial charge in [0, 0.05) is 38.9 Å². The van der Waals surface area contributed by atoms with Crippen LogP contribution in [0.3, 0.4) is 0 Å². The van der Waals surface area contributed by atoms with Crippen molar-refractivity contribution < 1.29 is 22.0 Å². The van der Waals surface area contributed by atoms with E-state index in [9.17, 15) is 22.0 Å². The Morgan fingerprint density at radius 3 is 2.00 bits per heavy atom. The quantitative estimate of drug-likeness (QED) is 0.648. The van der Waals surface area contributed by atoms with Crippen LogP contribution in [0.25, 0.3) is 0 Å². The highest BCUT2D eigenvalue weighted by atomic mass is 32.2. The number of rotatable bonds is 4. The molecule has 0 unspecified atom stereocenters. The van der Waals surface area contributed by atoms with Gasteiger partial charge in [0.05, 0.1) is 17.4 Å². The molecule has 0 aromatic heterocycles. The zero-order valence-corrected chi connectivity index (χ0v) is 19.7. The van der Waals surface area contributed by atoms with Crippen LogP contribution in [-0.4, -0.2) is 73.3 Å². The molecule has 5 rings (SSSR count). The Kier molecular flexibility index (Phi) is 6.24. The van der Waals surface area contributed by atoms with Crippen LogP contribution in [0.2, 0.25) is 0 Å². The van der Waals surface area contributed by atoms with Crippen LogP contribution in [0, 0.1) is 11.6 Å². The van der Waals surface area contributed by atoms with E-state index in [4.69, 9.17) is 0 Å². The Balaban J connectivity index is 1.35. The van der Waals surface area contributed by atoms with Crippen LogP contribution in [0.15, 0.2) is 76.9 Å². The van der Waals surface area contributed by atoms with Gasteiger partial charge in [0.15, 0.2) is 5.84 Å². The van der Waals surface area contributed by atoms with Gasteiger partial charge in [-0.1, -0.05) is 24.3 Å². The molecule has 2 aromatic rings. The molecular weight excluding hydrogens is 474 g/mol. The van der Waals surface area contributed by atoms with Crippen molar-refractivity contribution in [2.24, 2.45) is 4.40 Å². The second-order valence-corrected chi connectivity index (χ2v) is 10.4. The average molecular weight is 499 g/mol. The molecule has 182 valence electrons. The third-order valence-corrected chi connectivity index (χ3v) is 7.58. The van der Waals surface area contributed by atoms with Crippen molar-refractivity contribution in [2.45, 2.75) is 6.04 Å². The second kappa shape index (κ2) is 9.35. The predicted octanol–water partition coefficient (Wildman–Crippen LogP) is 2.70. The Bertz CT molecular complexity index is 1270. The van der Waals surface area contributed by atoms with Gasteiger partial charge < -0.3 is 9.80 Å². The number of hydrogen-bond donors (Lipinski definition) is 0. The van der Waals surface area contributed by atoms with Crippen molar-refractivity contribution in [1.29, 1.82) is 0 Å². The fourth-order valence-corrected chi connectivity index (χ4v) is 5.63. The largest absolute Gasteiger partial charge is 0.336 e. The van der Waals surface area contributed by atoms with Gasteiger partial charge in [-0.15, -0.1) is 4.40 Å². The minimum atomic E-state index is -3.60. The molecule has 0 spiro atoms. The lowest BCUT2D eigenvalue weighted by molar-refractivity contribution is -0.128. The lowest BCUT2D eigenvalue weighted by Gasteiger charge is -2.40. The highest BCUT2D eigenvalue weighted by molar-refractivity contribution is 7.90. The Labute approximate surface area is 202 Å². The fourth-order valence-electron chi connectivity index (χ4n) is 4.64. The molecule has 10 heteroatoms. The second-order valence-electron chi connectivity index (χ2n) is 8.65. The summed E-state index contributed by atoms with van der Waals surface area (Å²) in [5.74, 6) is -0.858. The lowest BCUT2D eigenvalue weighted by atomic mass is 9.96. The molecule has 7 nitrogen and oxygen atoms in total. The van der Waals surface area contributed by atoms with E-state index in [2.05, 4.69) is 9.30 Å². The van der Waals surface area contributed by atoms with Crippen molar-refractivity contribution >= 4 is 21.8 Å². The summed E-state index contributed by atoms with van der Waals surface area (Å²) in [6, 6.07) is 12.3. The van der Waals surface area contributed by atoms with E-state index >= 15 is 0 Å². The highest BCUT2D eigenvalue weighted by Gasteiger charge is 2.34. The number of sulfonamides is 1. The van der Waals surface area contributed by atoms with Gasteiger partial charge in [0.1, 0.15) is 11.6 Å². The molecule has 2 aromatic carbocycles. The highest BCUT2D eigenvalue weighted by Crippen LogP contribution is 2.30. The standard InChI is InChI=1S/C25H24F2N4O3S/c26-20-7-3-18(4-8-20)23(19-5-9-21(27)10-6-19)29-12-14-31(15-13-29)25(32)22-2-1-11-30-16-17-35(33,34)28-24(22)30/h1-11,23H,12-17H2. The van der Waals surface area contributed by atoms with Gasteiger partial charge in [-0.25, -0.2) is 17.2 Å². The van der Waals surface area contributed by atoms with Crippen molar-refractivity contribution in [3.05, 3.63) is 95.2 Å². The normalized spacial score (nSPS) is 19.9. The molecule has 0 saturated carbocycles. The summed E-state index contributed by atoms with van der Waals surface area (Å²) in [5, 5.41) is 0. The summed E-state index contributed by atoms with van der Waals surface area (Å²) in [6.07, 6.45) is 5.04. The Hall–Kier alpha value is -3.37. The molecule has 0 N–H and O–H groups in total. The maximum atomic E-state index is 13.6. The van der Waals surface area contributed by atoms with Crippen LogP contribution in [0.5, 0.6) is 0 Å². The third-order valence-electron chi connectivity index (χ3n) is 6.43. The number of amidine groups is 1. The molecule has 1 fully saturated rings. The number of carbonyl (C=O) groups excluding carboxylic acids is 1. The molecular formula is C25H24F2N4O3S. The third kappa shape index (κ3) is 4.89. The minimum Gasteiger partial charge on any atom is -0.336 e. The first-order valence-electron chi connectivity index (χ1n) is 11.3. The molecule has 1 saturated heterocycles. The summed E-state index contributed by atoms with van der Waals surface area (Å²) in [7, 11) is -3.60. The van der Waals surface area contributed by atoms with Crippen molar-refractivity contribution in [3.63, 3.8) is 0 Å². The molecule has 3 heterocycles. The van der Waals surface area contributed by atoms with Gasteiger partial charge >= 0.3 is 0 Å². The number of piperazine rings is 1. The Morgan fingerprint density at radius 2 is 1.43 bits per heavy atom. The van der Waals surface area contributed by atoms with E-state index in [1.165, 1.54) is 24.3 Å². The molecule has 0 atom stereocenters. The summed E-state index contributed by atoms with van der Waals surface area (Å²) >= 11 is 0. The number of fused-ring (bicyclic) bond motifs is 1. The first kappa shape index (κ1) is 23.4. The summed E-state index contributed by atoms with van der Waals surface area (Å²) in [4.78, 5) is 18.9. The van der Waals surface area contributed by atoms with Gasteiger partial charge in [-0.3, -0.25) is 9.69 Å². The number of halogens is 2. The van der Waals surface area contributed by atoms with E-state index in [-0.39, 0.29) is 47.3 Å². The van der Waals surface area contributed by atoms with Crippen LogP contribution >= 0.6 is 0 Å². The summed E-state index contributed by atoms with van der Waals surface area (Å²) in [6.45, 7) is 2.15. The van der Waals surface area contributed by atoms with Crippen LogP contribution < -0.4 is 0 Å². The van der Waals surface area contributed by atoms with Crippen LogP contribution in [0.1, 0.15) is 17.2 Å². The van der Waals surface area contributed by atoms with E-state index in [1.807, 2.05) is 0 Å². The number of carbonyl (C=O) groups is 1. The van der Waals surface area contributed by atoms with Gasteiger partial charge in [-0.2, -0.15) is 0 Å². The van der Waals surface area contributed by atoms with E-state index < -0.39 is 10.0 Å². The number of benzene rings is 2.